The Labute approximate surface area is 119 Å². The molecule has 2 saturated carbocycles. The summed E-state index contributed by atoms with van der Waals surface area (Å²) < 4.78 is 0. The molecule has 5 nitrogen and oxygen atoms in total. The Morgan fingerprint density at radius 1 is 1.30 bits per heavy atom. The smallest absolute Gasteiger partial charge is 0.148 e. The summed E-state index contributed by atoms with van der Waals surface area (Å²) in [6.07, 6.45) is 6.17. The van der Waals surface area contributed by atoms with E-state index < -0.39 is 6.23 Å². The number of aliphatic hydroxyl groups excluding tert-OH is 1. The first-order valence-electron chi connectivity index (χ1n) is 7.71. The molecule has 3 atom stereocenters. The van der Waals surface area contributed by atoms with Gasteiger partial charge >= 0.3 is 0 Å². The number of piperazine rings is 1. The minimum atomic E-state index is -0.629. The topological polar surface area (TPSA) is 60.4 Å². The monoisotopic (exact) mass is 274 g/mol. The SMILES string of the molecule is OC(NC1CC1)c1ccc(N2CCN[C@H]3CC[C@H]32)cn1. The highest BCUT2D eigenvalue weighted by atomic mass is 16.3. The van der Waals surface area contributed by atoms with E-state index in [1.807, 2.05) is 12.3 Å². The first kappa shape index (κ1) is 12.6. The van der Waals surface area contributed by atoms with Gasteiger partial charge in [0.25, 0.3) is 0 Å². The van der Waals surface area contributed by atoms with E-state index in [2.05, 4.69) is 26.6 Å². The van der Waals surface area contributed by atoms with E-state index in [4.69, 9.17) is 0 Å². The van der Waals surface area contributed by atoms with Crippen LogP contribution in [0, 0.1) is 0 Å². The molecule has 0 bridgehead atoms. The fourth-order valence-electron chi connectivity index (χ4n) is 3.24. The average molecular weight is 274 g/mol. The lowest BCUT2D eigenvalue weighted by molar-refractivity contribution is 0.132. The lowest BCUT2D eigenvalue weighted by atomic mass is 9.83. The summed E-state index contributed by atoms with van der Waals surface area (Å²) in [6.45, 7) is 2.10. The zero-order valence-corrected chi connectivity index (χ0v) is 11.6. The van der Waals surface area contributed by atoms with Gasteiger partial charge in [0.2, 0.25) is 0 Å². The standard InChI is InChI=1S/C15H22N4O/c20-15(18-10-1-2-10)13-4-3-11(9-17-13)19-8-7-16-12-5-6-14(12)19/h3-4,9-10,12,14-16,18,20H,1-2,5-8H2/t12-,14+,15?/m0/s1. The summed E-state index contributed by atoms with van der Waals surface area (Å²) in [5, 5.41) is 16.8. The van der Waals surface area contributed by atoms with Crippen molar-refractivity contribution in [3.8, 4) is 0 Å². The summed E-state index contributed by atoms with van der Waals surface area (Å²) in [5.74, 6) is 0. The molecule has 1 aromatic heterocycles. The van der Waals surface area contributed by atoms with Gasteiger partial charge in [0, 0.05) is 31.2 Å². The van der Waals surface area contributed by atoms with Crippen LogP contribution in [-0.4, -0.2) is 41.3 Å². The number of aliphatic hydroxyl groups is 1. The Morgan fingerprint density at radius 3 is 2.85 bits per heavy atom. The van der Waals surface area contributed by atoms with Crippen molar-refractivity contribution in [2.45, 2.75) is 50.0 Å². The molecule has 3 fully saturated rings. The molecule has 3 aliphatic rings. The molecule has 0 aromatic carbocycles. The van der Waals surface area contributed by atoms with Gasteiger partial charge in [-0.3, -0.25) is 10.3 Å². The van der Waals surface area contributed by atoms with Gasteiger partial charge in [-0.1, -0.05) is 0 Å². The zero-order chi connectivity index (χ0) is 13.5. The van der Waals surface area contributed by atoms with Gasteiger partial charge in [0.1, 0.15) is 6.23 Å². The van der Waals surface area contributed by atoms with E-state index in [-0.39, 0.29) is 0 Å². The Balaban J connectivity index is 1.46. The maximum atomic E-state index is 10.0. The van der Waals surface area contributed by atoms with Crippen LogP contribution in [0.2, 0.25) is 0 Å². The van der Waals surface area contributed by atoms with Crippen molar-refractivity contribution in [1.82, 2.24) is 15.6 Å². The molecule has 0 radical (unpaired) electrons. The number of nitrogens with one attached hydrogen (secondary N) is 2. The van der Waals surface area contributed by atoms with Crippen molar-refractivity contribution in [3.63, 3.8) is 0 Å². The molecule has 1 aliphatic heterocycles. The predicted molar refractivity (Wildman–Crippen MR) is 77.5 cm³/mol. The number of nitrogens with zero attached hydrogens (tertiary/aromatic N) is 2. The van der Waals surface area contributed by atoms with Crippen molar-refractivity contribution < 1.29 is 5.11 Å². The highest BCUT2D eigenvalue weighted by Gasteiger charge is 2.38. The van der Waals surface area contributed by atoms with Crippen LogP contribution in [0.1, 0.15) is 37.6 Å². The van der Waals surface area contributed by atoms with E-state index in [1.54, 1.807) is 0 Å². The third-order valence-electron chi connectivity index (χ3n) is 4.75. The second-order valence-corrected chi connectivity index (χ2v) is 6.18. The van der Waals surface area contributed by atoms with Gasteiger partial charge in [-0.15, -0.1) is 0 Å². The molecule has 0 spiro atoms. The molecule has 20 heavy (non-hydrogen) atoms. The van der Waals surface area contributed by atoms with Crippen molar-refractivity contribution in [1.29, 1.82) is 0 Å². The third-order valence-corrected chi connectivity index (χ3v) is 4.75. The summed E-state index contributed by atoms with van der Waals surface area (Å²) >= 11 is 0. The van der Waals surface area contributed by atoms with Crippen molar-refractivity contribution in [2.75, 3.05) is 18.0 Å². The molecule has 2 aliphatic carbocycles. The first-order valence-corrected chi connectivity index (χ1v) is 7.71. The minimum Gasteiger partial charge on any atom is -0.373 e. The molecule has 108 valence electrons. The van der Waals surface area contributed by atoms with Gasteiger partial charge in [-0.25, -0.2) is 0 Å². The van der Waals surface area contributed by atoms with E-state index in [1.165, 1.54) is 31.4 Å². The Hall–Kier alpha value is -1.17. The molecule has 2 heterocycles. The van der Waals surface area contributed by atoms with E-state index >= 15 is 0 Å². The van der Waals surface area contributed by atoms with E-state index in [0.29, 0.717) is 18.1 Å². The molecule has 3 N–H and O–H groups in total. The number of aromatic nitrogens is 1. The van der Waals surface area contributed by atoms with Crippen LogP contribution in [0.4, 0.5) is 5.69 Å². The van der Waals surface area contributed by atoms with E-state index in [9.17, 15) is 5.11 Å². The zero-order valence-electron chi connectivity index (χ0n) is 11.6. The van der Waals surface area contributed by atoms with Crippen LogP contribution in [-0.2, 0) is 0 Å². The molecule has 0 amide bonds. The van der Waals surface area contributed by atoms with Gasteiger partial charge in [-0.05, 0) is 37.8 Å². The average Bonchev–Trinajstić information content (AvgIpc) is 3.24. The Bertz CT molecular complexity index is 473. The number of anilines is 1. The van der Waals surface area contributed by atoms with Crippen LogP contribution < -0.4 is 15.5 Å². The minimum absolute atomic E-state index is 0.482. The van der Waals surface area contributed by atoms with Crippen LogP contribution >= 0.6 is 0 Å². The maximum Gasteiger partial charge on any atom is 0.148 e. The molecule has 4 rings (SSSR count). The van der Waals surface area contributed by atoms with Gasteiger partial charge in [-0.2, -0.15) is 0 Å². The second kappa shape index (κ2) is 4.98. The van der Waals surface area contributed by atoms with Gasteiger partial charge < -0.3 is 15.3 Å². The molecular weight excluding hydrogens is 252 g/mol. The quantitative estimate of drug-likeness (QED) is 0.708. The van der Waals surface area contributed by atoms with Crippen molar-refractivity contribution in [2.24, 2.45) is 0 Å². The van der Waals surface area contributed by atoms with Crippen molar-refractivity contribution >= 4 is 5.69 Å². The number of fused-ring (bicyclic) bond motifs is 1. The Morgan fingerprint density at radius 2 is 2.20 bits per heavy atom. The molecule has 5 heteroatoms. The summed E-state index contributed by atoms with van der Waals surface area (Å²) in [4.78, 5) is 6.90. The molecule has 1 saturated heterocycles. The number of hydrogen-bond donors (Lipinski definition) is 3. The van der Waals surface area contributed by atoms with Crippen LogP contribution in [0.25, 0.3) is 0 Å². The number of hydrogen-bond acceptors (Lipinski definition) is 5. The lowest BCUT2D eigenvalue weighted by Crippen LogP contribution is -2.63. The summed E-state index contributed by atoms with van der Waals surface area (Å²) in [5.41, 5.74) is 1.91. The first-order chi connectivity index (χ1) is 9.81. The normalized spacial score (nSPS) is 30.6. The predicted octanol–water partition coefficient (Wildman–Crippen LogP) is 0.765. The lowest BCUT2D eigenvalue weighted by Gasteiger charge is -2.49. The van der Waals surface area contributed by atoms with Crippen LogP contribution in [0.5, 0.6) is 0 Å². The van der Waals surface area contributed by atoms with Gasteiger partial charge in [0.05, 0.1) is 17.6 Å². The fraction of sp³-hybridized carbons (Fsp3) is 0.667. The van der Waals surface area contributed by atoms with Gasteiger partial charge in [0.15, 0.2) is 0 Å². The molecular formula is C15H22N4O. The maximum absolute atomic E-state index is 10.0. The molecule has 1 unspecified atom stereocenters. The fourth-order valence-corrected chi connectivity index (χ4v) is 3.24. The second-order valence-electron chi connectivity index (χ2n) is 6.18. The Kier molecular flexibility index (Phi) is 3.13. The largest absolute Gasteiger partial charge is 0.373 e. The highest BCUT2D eigenvalue weighted by Crippen LogP contribution is 2.32. The third kappa shape index (κ3) is 2.30. The van der Waals surface area contributed by atoms with Crippen LogP contribution in [0.15, 0.2) is 18.3 Å². The van der Waals surface area contributed by atoms with E-state index in [0.717, 1.165) is 18.8 Å². The van der Waals surface area contributed by atoms with Crippen LogP contribution in [0.3, 0.4) is 0 Å². The van der Waals surface area contributed by atoms with Crippen molar-refractivity contribution in [3.05, 3.63) is 24.0 Å². The molecule has 1 aromatic rings. The summed E-state index contributed by atoms with van der Waals surface area (Å²) in [6, 6.07) is 5.82. The number of rotatable bonds is 4. The summed E-state index contributed by atoms with van der Waals surface area (Å²) in [7, 11) is 0. The highest BCUT2D eigenvalue weighted by molar-refractivity contribution is 5.48. The number of pyridine rings is 1.